The molecule has 1 aromatic heterocycles. The van der Waals surface area contributed by atoms with Crippen LogP contribution in [0.15, 0.2) is 66.7 Å². The molecule has 4 rings (SSSR count). The number of aromatic nitrogens is 1. The first-order valence-electron chi connectivity index (χ1n) is 9.74. The Balaban J connectivity index is 1.97. The van der Waals surface area contributed by atoms with Gasteiger partial charge in [0.15, 0.2) is 11.6 Å². The standard InChI is InChI=1S/C25H14Cl2F3NO3/c1-33-25(32)19-12-18(13-2-5-15(28)6-3-13)23(17-8-4-14(26)10-20(17)27)31-24(19)34-16-7-9-21(29)22(30)11-16/h2-12H,1H3. The summed E-state index contributed by atoms with van der Waals surface area (Å²) in [6.07, 6.45) is 0. The molecule has 172 valence electrons. The van der Waals surface area contributed by atoms with Gasteiger partial charge >= 0.3 is 5.97 Å². The van der Waals surface area contributed by atoms with Gasteiger partial charge in [0.1, 0.15) is 17.1 Å². The van der Waals surface area contributed by atoms with E-state index in [2.05, 4.69) is 4.98 Å². The van der Waals surface area contributed by atoms with Crippen LogP contribution >= 0.6 is 23.2 Å². The molecule has 0 saturated carbocycles. The van der Waals surface area contributed by atoms with E-state index in [0.29, 0.717) is 21.7 Å². The van der Waals surface area contributed by atoms with Gasteiger partial charge in [0.25, 0.3) is 0 Å². The molecule has 0 spiro atoms. The molecule has 0 bridgehead atoms. The Morgan fingerprint density at radius 1 is 0.853 bits per heavy atom. The number of hydrogen-bond acceptors (Lipinski definition) is 4. The first-order chi connectivity index (χ1) is 16.3. The molecule has 4 nitrogen and oxygen atoms in total. The smallest absolute Gasteiger partial charge is 0.343 e. The molecule has 4 aromatic rings. The molecular formula is C25H14Cl2F3NO3. The zero-order valence-electron chi connectivity index (χ0n) is 17.4. The second kappa shape index (κ2) is 9.75. The molecule has 0 saturated heterocycles. The van der Waals surface area contributed by atoms with Gasteiger partial charge in [-0.25, -0.2) is 22.9 Å². The first kappa shape index (κ1) is 23.6. The molecule has 0 fully saturated rings. The summed E-state index contributed by atoms with van der Waals surface area (Å²) in [7, 11) is 1.17. The average molecular weight is 504 g/mol. The van der Waals surface area contributed by atoms with E-state index in [1.807, 2.05) is 0 Å². The third kappa shape index (κ3) is 4.85. The molecule has 9 heteroatoms. The van der Waals surface area contributed by atoms with Crippen LogP contribution in [0.3, 0.4) is 0 Å². The Labute approximate surface area is 202 Å². The van der Waals surface area contributed by atoms with Gasteiger partial charge in [-0.3, -0.25) is 0 Å². The maximum atomic E-state index is 13.7. The van der Waals surface area contributed by atoms with Crippen LogP contribution in [-0.4, -0.2) is 18.1 Å². The zero-order chi connectivity index (χ0) is 24.4. The van der Waals surface area contributed by atoms with Crippen LogP contribution in [0.4, 0.5) is 13.2 Å². The van der Waals surface area contributed by atoms with Crippen LogP contribution in [0.1, 0.15) is 10.4 Å². The van der Waals surface area contributed by atoms with E-state index in [1.54, 1.807) is 12.1 Å². The molecule has 34 heavy (non-hydrogen) atoms. The van der Waals surface area contributed by atoms with Gasteiger partial charge < -0.3 is 9.47 Å². The number of carbonyl (C=O) groups is 1. The van der Waals surface area contributed by atoms with Gasteiger partial charge in [-0.05, 0) is 54.1 Å². The second-order valence-electron chi connectivity index (χ2n) is 7.04. The van der Waals surface area contributed by atoms with E-state index in [-0.39, 0.29) is 27.9 Å². The minimum atomic E-state index is -1.14. The molecule has 0 N–H and O–H groups in total. The lowest BCUT2D eigenvalue weighted by molar-refractivity contribution is 0.0597. The highest BCUT2D eigenvalue weighted by Crippen LogP contribution is 2.40. The largest absolute Gasteiger partial charge is 0.465 e. The van der Waals surface area contributed by atoms with Crippen molar-refractivity contribution in [2.24, 2.45) is 0 Å². The number of nitrogens with zero attached hydrogens (tertiary/aromatic N) is 1. The number of halogens is 5. The SMILES string of the molecule is COC(=O)c1cc(-c2ccc(F)cc2)c(-c2ccc(Cl)cc2Cl)nc1Oc1ccc(F)c(F)c1. The van der Waals surface area contributed by atoms with Gasteiger partial charge in [0.2, 0.25) is 5.88 Å². The monoisotopic (exact) mass is 503 g/mol. The summed E-state index contributed by atoms with van der Waals surface area (Å²) in [6, 6.07) is 14.6. The van der Waals surface area contributed by atoms with Gasteiger partial charge in [-0.15, -0.1) is 0 Å². The minimum absolute atomic E-state index is 0.0969. The number of hydrogen-bond donors (Lipinski definition) is 0. The normalized spacial score (nSPS) is 10.8. The average Bonchev–Trinajstić information content (AvgIpc) is 2.81. The summed E-state index contributed by atoms with van der Waals surface area (Å²) in [5.74, 6) is -3.77. The second-order valence-corrected chi connectivity index (χ2v) is 7.88. The number of carbonyl (C=O) groups excluding carboxylic acids is 1. The molecule has 0 atom stereocenters. The van der Waals surface area contributed by atoms with E-state index in [0.717, 1.165) is 12.1 Å². The fourth-order valence-electron chi connectivity index (χ4n) is 3.22. The van der Waals surface area contributed by atoms with Crippen molar-refractivity contribution >= 4 is 29.2 Å². The lowest BCUT2D eigenvalue weighted by Gasteiger charge is -2.16. The van der Waals surface area contributed by atoms with Gasteiger partial charge in [-0.1, -0.05) is 35.3 Å². The van der Waals surface area contributed by atoms with Gasteiger partial charge in [0.05, 0.1) is 17.8 Å². The maximum Gasteiger partial charge on any atom is 0.343 e. The minimum Gasteiger partial charge on any atom is -0.465 e. The van der Waals surface area contributed by atoms with Crippen molar-refractivity contribution in [2.75, 3.05) is 7.11 Å². The summed E-state index contributed by atoms with van der Waals surface area (Å²) in [5.41, 5.74) is 1.57. The Kier molecular flexibility index (Phi) is 6.77. The summed E-state index contributed by atoms with van der Waals surface area (Å²) in [4.78, 5) is 17.1. The number of benzene rings is 3. The third-order valence-electron chi connectivity index (χ3n) is 4.84. The van der Waals surface area contributed by atoms with E-state index in [9.17, 15) is 18.0 Å². The highest BCUT2D eigenvalue weighted by Gasteiger charge is 2.23. The molecule has 0 aliphatic heterocycles. The van der Waals surface area contributed by atoms with Crippen molar-refractivity contribution in [3.63, 3.8) is 0 Å². The van der Waals surface area contributed by atoms with Crippen LogP contribution in [0.5, 0.6) is 11.6 Å². The van der Waals surface area contributed by atoms with Crippen LogP contribution in [0.2, 0.25) is 10.0 Å². The fraction of sp³-hybridized carbons (Fsp3) is 0.0400. The van der Waals surface area contributed by atoms with E-state index in [1.165, 1.54) is 49.6 Å². The van der Waals surface area contributed by atoms with Crippen molar-refractivity contribution in [3.05, 3.63) is 99.8 Å². The molecule has 1 heterocycles. The molecule has 0 aliphatic carbocycles. The van der Waals surface area contributed by atoms with Gasteiger partial charge in [0, 0.05) is 22.2 Å². The van der Waals surface area contributed by atoms with Crippen LogP contribution < -0.4 is 4.74 Å². The van der Waals surface area contributed by atoms with E-state index < -0.39 is 23.4 Å². The number of methoxy groups -OCH3 is 1. The van der Waals surface area contributed by atoms with Crippen molar-refractivity contribution in [1.29, 1.82) is 0 Å². The quantitative estimate of drug-likeness (QED) is 0.261. The summed E-state index contributed by atoms with van der Waals surface area (Å²) >= 11 is 12.5. The van der Waals surface area contributed by atoms with Crippen LogP contribution in [-0.2, 0) is 4.74 Å². The lowest BCUT2D eigenvalue weighted by Crippen LogP contribution is -2.07. The van der Waals surface area contributed by atoms with Crippen LogP contribution in [0, 0.1) is 17.5 Å². The predicted octanol–water partition coefficient (Wildman–Crippen LogP) is 7.72. The van der Waals surface area contributed by atoms with Crippen molar-refractivity contribution in [1.82, 2.24) is 4.98 Å². The summed E-state index contributed by atoms with van der Waals surface area (Å²) in [5, 5.41) is 0.648. The highest BCUT2D eigenvalue weighted by molar-refractivity contribution is 6.36. The molecule has 0 unspecified atom stereocenters. The van der Waals surface area contributed by atoms with Gasteiger partial charge in [-0.2, -0.15) is 0 Å². The molecule has 3 aromatic carbocycles. The summed E-state index contributed by atoms with van der Waals surface area (Å²) < 4.78 is 51.2. The number of rotatable bonds is 5. The van der Waals surface area contributed by atoms with E-state index >= 15 is 0 Å². The number of esters is 1. The molecule has 0 radical (unpaired) electrons. The highest BCUT2D eigenvalue weighted by atomic mass is 35.5. The Morgan fingerprint density at radius 2 is 1.59 bits per heavy atom. The van der Waals surface area contributed by atoms with Crippen molar-refractivity contribution in [2.45, 2.75) is 0 Å². The number of pyridine rings is 1. The van der Waals surface area contributed by atoms with Crippen molar-refractivity contribution < 1.29 is 27.4 Å². The van der Waals surface area contributed by atoms with Crippen LogP contribution in [0.25, 0.3) is 22.4 Å². The topological polar surface area (TPSA) is 48.4 Å². The van der Waals surface area contributed by atoms with Crippen molar-refractivity contribution in [3.8, 4) is 34.0 Å². The Bertz CT molecular complexity index is 1400. The first-order valence-corrected chi connectivity index (χ1v) is 10.5. The molecule has 0 amide bonds. The third-order valence-corrected chi connectivity index (χ3v) is 5.39. The maximum absolute atomic E-state index is 13.7. The Hall–Kier alpha value is -3.55. The molecule has 0 aliphatic rings. The predicted molar refractivity (Wildman–Crippen MR) is 123 cm³/mol. The fourth-order valence-corrected chi connectivity index (χ4v) is 3.72. The Morgan fingerprint density at radius 3 is 2.24 bits per heavy atom. The lowest BCUT2D eigenvalue weighted by atomic mass is 9.97. The van der Waals surface area contributed by atoms with E-state index in [4.69, 9.17) is 32.7 Å². The molecular weight excluding hydrogens is 490 g/mol. The zero-order valence-corrected chi connectivity index (χ0v) is 18.9. The number of ether oxygens (including phenoxy) is 2. The summed E-state index contributed by atoms with van der Waals surface area (Å²) in [6.45, 7) is 0.